The Morgan fingerprint density at radius 2 is 0.672 bits per heavy atom. The van der Waals surface area contributed by atoms with Crippen LogP contribution in [0.2, 0.25) is 0 Å². The normalized spacial score (nSPS) is 12.2. The van der Waals surface area contributed by atoms with Crippen LogP contribution in [0.1, 0.15) is 28.8 Å². The van der Waals surface area contributed by atoms with E-state index in [0.29, 0.717) is 0 Å². The summed E-state index contributed by atoms with van der Waals surface area (Å²) in [6, 6.07) is 82.7. The largest absolute Gasteiger partial charge is 0.311 e. The number of benzene rings is 9. The van der Waals surface area contributed by atoms with Gasteiger partial charge >= 0.3 is 0 Å². The summed E-state index contributed by atoms with van der Waals surface area (Å²) in [7, 11) is 0. The second-order valence-corrected chi connectivity index (χ2v) is 17.0. The van der Waals surface area contributed by atoms with E-state index in [1.807, 2.05) is 0 Å². The van der Waals surface area contributed by atoms with E-state index in [2.05, 4.69) is 286 Å². The lowest BCUT2D eigenvalue weighted by molar-refractivity contribution is 1.10. The van der Waals surface area contributed by atoms with Gasteiger partial charge in [0.25, 0.3) is 0 Å². The summed E-state index contributed by atoms with van der Waals surface area (Å²) < 4.78 is 4.75. The highest BCUT2D eigenvalue weighted by molar-refractivity contribution is 6.09. The van der Waals surface area contributed by atoms with E-state index in [1.165, 1.54) is 44.0 Å². The molecule has 2 aromatic heterocycles. The number of anilines is 6. The van der Waals surface area contributed by atoms with Crippen molar-refractivity contribution in [3.63, 3.8) is 0 Å². The molecule has 4 heteroatoms. The SMILES string of the molecule is C1=Cc2c(n(-c3ccc(N(c4ccccc4)c4ccc(/C=C/c5ccc(N(c6ccccc6)c6ccc(-n7c8ccccc8c8ccccc87)cc6)cc5)cc4)cc3)c3ccccc23)C=CC1. The maximum absolute atomic E-state index is 2.38. The van der Waals surface area contributed by atoms with E-state index in [0.717, 1.165) is 63.0 Å². The van der Waals surface area contributed by atoms with Crippen LogP contribution in [-0.4, -0.2) is 9.13 Å². The molecule has 0 aliphatic heterocycles. The predicted molar refractivity (Wildman–Crippen MR) is 285 cm³/mol. The summed E-state index contributed by atoms with van der Waals surface area (Å²) in [6.45, 7) is 0. The molecule has 318 valence electrons. The van der Waals surface area contributed by atoms with Crippen molar-refractivity contribution in [2.75, 3.05) is 9.80 Å². The summed E-state index contributed by atoms with van der Waals surface area (Å²) >= 11 is 0. The summed E-state index contributed by atoms with van der Waals surface area (Å²) in [5.41, 5.74) is 17.2. The molecule has 11 aromatic rings. The highest BCUT2D eigenvalue weighted by Crippen LogP contribution is 2.39. The smallest absolute Gasteiger partial charge is 0.0541 e. The Kier molecular flexibility index (Phi) is 10.2. The van der Waals surface area contributed by atoms with Gasteiger partial charge < -0.3 is 18.9 Å². The molecule has 0 unspecified atom stereocenters. The number of rotatable bonds is 10. The molecule has 0 saturated heterocycles. The van der Waals surface area contributed by atoms with Crippen molar-refractivity contribution in [1.82, 2.24) is 9.13 Å². The van der Waals surface area contributed by atoms with Crippen LogP contribution in [0.25, 0.3) is 68.4 Å². The van der Waals surface area contributed by atoms with Gasteiger partial charge in [-0.05, 0) is 139 Å². The minimum Gasteiger partial charge on any atom is -0.311 e. The molecule has 4 nitrogen and oxygen atoms in total. The van der Waals surface area contributed by atoms with Gasteiger partial charge in [0.1, 0.15) is 0 Å². The van der Waals surface area contributed by atoms with E-state index in [9.17, 15) is 0 Å². The third kappa shape index (κ3) is 7.41. The Bertz CT molecular complexity index is 3560. The van der Waals surface area contributed by atoms with E-state index < -0.39 is 0 Å². The number of allylic oxidation sites excluding steroid dienone is 2. The molecule has 0 radical (unpaired) electrons. The third-order valence-corrected chi connectivity index (χ3v) is 12.9. The van der Waals surface area contributed by atoms with Crippen molar-refractivity contribution in [3.05, 3.63) is 265 Å². The van der Waals surface area contributed by atoms with Gasteiger partial charge in [0.2, 0.25) is 0 Å². The molecule has 0 N–H and O–H groups in total. The van der Waals surface area contributed by atoms with Crippen molar-refractivity contribution in [2.45, 2.75) is 6.42 Å². The Balaban J connectivity index is 0.804. The molecular weight excluding hydrogens is 813 g/mol. The van der Waals surface area contributed by atoms with Gasteiger partial charge in [0, 0.05) is 67.2 Å². The average Bonchev–Trinajstić information content (AvgIpc) is 3.78. The highest BCUT2D eigenvalue weighted by atomic mass is 15.1. The van der Waals surface area contributed by atoms with Crippen LogP contribution < -0.4 is 9.80 Å². The maximum Gasteiger partial charge on any atom is 0.0541 e. The first kappa shape index (κ1) is 39.7. The Morgan fingerprint density at radius 3 is 1.15 bits per heavy atom. The topological polar surface area (TPSA) is 16.3 Å². The van der Waals surface area contributed by atoms with Crippen LogP contribution in [-0.2, 0) is 0 Å². The maximum atomic E-state index is 2.38. The number of fused-ring (bicyclic) bond motifs is 6. The molecular formula is C63H46N4. The first-order valence-electron chi connectivity index (χ1n) is 23.0. The fourth-order valence-electron chi connectivity index (χ4n) is 9.76. The molecule has 0 bridgehead atoms. The van der Waals surface area contributed by atoms with Crippen LogP contribution in [0.5, 0.6) is 0 Å². The molecule has 1 aliphatic carbocycles. The Hall–Kier alpha value is -8.86. The highest BCUT2D eigenvalue weighted by Gasteiger charge is 2.19. The van der Waals surface area contributed by atoms with E-state index in [1.54, 1.807) is 0 Å². The molecule has 0 saturated carbocycles. The minimum absolute atomic E-state index is 0.937. The standard InChI is InChI=1S/C63H46N4/c1-4-16-48(17-5-1)64(52-38-42-54(43-39-52)66-60-24-9-3-8-20-56(60)57-21-10-13-25-61(57)66)50-34-30-46(31-35-50)28-29-47-32-36-51(37-33-47)65(49-18-6-2-7-19-49)53-40-44-55(45-41-53)67-62-26-14-11-22-58(62)59-23-12-15-27-63(59)67/h1-2,4-45H,3H2/b29-28+. The summed E-state index contributed by atoms with van der Waals surface area (Å²) in [5.74, 6) is 0. The molecule has 2 heterocycles. The summed E-state index contributed by atoms with van der Waals surface area (Å²) in [4.78, 5) is 4.64. The van der Waals surface area contributed by atoms with Gasteiger partial charge in [-0.3, -0.25) is 0 Å². The molecule has 0 fully saturated rings. The molecule has 12 rings (SSSR count). The number of para-hydroxylation sites is 5. The van der Waals surface area contributed by atoms with Crippen LogP contribution in [0.15, 0.2) is 243 Å². The zero-order chi connectivity index (χ0) is 44.5. The lowest BCUT2D eigenvalue weighted by Crippen LogP contribution is -2.10. The van der Waals surface area contributed by atoms with E-state index in [-0.39, 0.29) is 0 Å². The Morgan fingerprint density at radius 1 is 0.313 bits per heavy atom. The number of hydrogen-bond donors (Lipinski definition) is 0. The summed E-state index contributed by atoms with van der Waals surface area (Å²) in [5, 5.41) is 3.79. The van der Waals surface area contributed by atoms with Gasteiger partial charge in [0.05, 0.1) is 22.2 Å². The fourth-order valence-corrected chi connectivity index (χ4v) is 9.76. The van der Waals surface area contributed by atoms with Crippen LogP contribution in [0.4, 0.5) is 34.1 Å². The van der Waals surface area contributed by atoms with Crippen molar-refractivity contribution >= 4 is 91.1 Å². The fraction of sp³-hybridized carbons (Fsp3) is 0.0159. The zero-order valence-corrected chi connectivity index (χ0v) is 36.9. The molecule has 0 atom stereocenters. The monoisotopic (exact) mass is 858 g/mol. The van der Waals surface area contributed by atoms with Gasteiger partial charge in [-0.2, -0.15) is 0 Å². The number of nitrogens with zero attached hydrogens (tertiary/aromatic N) is 4. The lowest BCUT2D eigenvalue weighted by Gasteiger charge is -2.26. The van der Waals surface area contributed by atoms with Gasteiger partial charge in [0.15, 0.2) is 0 Å². The van der Waals surface area contributed by atoms with Crippen LogP contribution in [0.3, 0.4) is 0 Å². The van der Waals surface area contributed by atoms with Gasteiger partial charge in [-0.15, -0.1) is 0 Å². The third-order valence-electron chi connectivity index (χ3n) is 12.9. The average molecular weight is 859 g/mol. The minimum atomic E-state index is 0.937. The molecule has 0 amide bonds. The van der Waals surface area contributed by atoms with Crippen molar-refractivity contribution in [1.29, 1.82) is 0 Å². The second kappa shape index (κ2) is 17.3. The summed E-state index contributed by atoms with van der Waals surface area (Å²) in [6.07, 6.45) is 14.3. The zero-order valence-electron chi connectivity index (χ0n) is 36.9. The van der Waals surface area contributed by atoms with E-state index >= 15 is 0 Å². The van der Waals surface area contributed by atoms with Crippen molar-refractivity contribution < 1.29 is 0 Å². The molecule has 0 spiro atoms. The predicted octanol–water partition coefficient (Wildman–Crippen LogP) is 17.3. The molecule has 9 aromatic carbocycles. The number of aromatic nitrogens is 2. The molecule has 67 heavy (non-hydrogen) atoms. The van der Waals surface area contributed by atoms with Crippen LogP contribution >= 0.6 is 0 Å². The van der Waals surface area contributed by atoms with Gasteiger partial charge in [-0.1, -0.05) is 146 Å². The first-order chi connectivity index (χ1) is 33.2. The van der Waals surface area contributed by atoms with Crippen molar-refractivity contribution in [3.8, 4) is 11.4 Å². The second-order valence-electron chi connectivity index (χ2n) is 17.0. The quantitative estimate of drug-likeness (QED) is 0.127. The molecule has 1 aliphatic rings. The van der Waals surface area contributed by atoms with Crippen molar-refractivity contribution in [2.24, 2.45) is 0 Å². The first-order valence-corrected chi connectivity index (χ1v) is 23.0. The Labute approximate surface area is 391 Å². The number of hydrogen-bond acceptors (Lipinski definition) is 2. The van der Waals surface area contributed by atoms with Crippen LogP contribution in [0, 0.1) is 0 Å². The van der Waals surface area contributed by atoms with E-state index in [4.69, 9.17) is 0 Å². The van der Waals surface area contributed by atoms with Gasteiger partial charge in [-0.25, -0.2) is 0 Å². The lowest BCUT2D eigenvalue weighted by atomic mass is 10.1.